The molecule has 4 aromatic rings. The van der Waals surface area contributed by atoms with Gasteiger partial charge in [-0.1, -0.05) is 36.4 Å². The lowest BCUT2D eigenvalue weighted by atomic mass is 10.0. The Morgan fingerprint density at radius 3 is 2.38 bits per heavy atom. The lowest BCUT2D eigenvalue weighted by Gasteiger charge is -2.21. The molecule has 204 valence electrons. The van der Waals surface area contributed by atoms with Crippen LogP contribution in [-0.2, 0) is 16.0 Å². The summed E-state index contributed by atoms with van der Waals surface area (Å²) < 4.78 is 12.6. The molecule has 4 rings (SSSR count). The van der Waals surface area contributed by atoms with Crippen molar-refractivity contribution in [1.29, 1.82) is 0 Å². The smallest absolute Gasteiger partial charge is 0.412 e. The third-order valence-electron chi connectivity index (χ3n) is 6.06. The van der Waals surface area contributed by atoms with Crippen molar-refractivity contribution < 1.29 is 19.1 Å². The number of ether oxygens (including phenoxy) is 2. The second-order valence-corrected chi connectivity index (χ2v) is 10.2. The number of nitrogens with zero attached hydrogens (tertiary/aromatic N) is 1. The Bertz CT molecular complexity index is 1420. The van der Waals surface area contributed by atoms with Crippen LogP contribution in [0.5, 0.6) is 0 Å². The molecule has 0 aliphatic rings. The van der Waals surface area contributed by atoms with E-state index in [4.69, 9.17) is 9.47 Å². The highest BCUT2D eigenvalue weighted by molar-refractivity contribution is 6.09. The van der Waals surface area contributed by atoms with Gasteiger partial charge < -0.3 is 24.7 Å². The van der Waals surface area contributed by atoms with Crippen LogP contribution in [0.3, 0.4) is 0 Å². The van der Waals surface area contributed by atoms with Crippen molar-refractivity contribution in [3.63, 3.8) is 0 Å². The maximum atomic E-state index is 13.4. The van der Waals surface area contributed by atoms with Crippen LogP contribution >= 0.6 is 0 Å². The van der Waals surface area contributed by atoms with Crippen molar-refractivity contribution in [2.45, 2.75) is 32.9 Å². The maximum absolute atomic E-state index is 13.4. The summed E-state index contributed by atoms with van der Waals surface area (Å²) in [5.74, 6) is -0.275. The largest absolute Gasteiger partial charge is 0.444 e. The van der Waals surface area contributed by atoms with Crippen LogP contribution in [0.4, 0.5) is 16.2 Å². The van der Waals surface area contributed by atoms with Gasteiger partial charge in [0.05, 0.1) is 18.0 Å². The highest BCUT2D eigenvalue weighted by Gasteiger charge is 2.19. The molecule has 39 heavy (non-hydrogen) atoms. The number of anilines is 2. The summed E-state index contributed by atoms with van der Waals surface area (Å²) in [4.78, 5) is 25.9. The SMILES string of the molecule is COCCNCCn1ccc2cc(C(=O)Nc3cc(-c4ccccc4)ccc3NC(=O)OC(C)(C)C)ccc21. The first-order valence-corrected chi connectivity index (χ1v) is 13.0. The van der Waals surface area contributed by atoms with E-state index in [0.717, 1.165) is 41.7 Å². The molecule has 0 saturated heterocycles. The molecule has 0 radical (unpaired) electrons. The first-order valence-electron chi connectivity index (χ1n) is 13.0. The minimum Gasteiger partial charge on any atom is -0.444 e. The standard InChI is InChI=1S/C31H36N4O4/c1-31(2,3)39-30(37)34-26-12-10-23(22-8-6-5-7-9-22)21-27(26)33-29(36)25-11-13-28-24(20-25)14-17-35(28)18-15-32-16-19-38-4/h5-14,17,20-21,32H,15-16,18-19H2,1-4H3,(H,33,36)(H,34,37). The molecule has 0 spiro atoms. The molecule has 1 heterocycles. The van der Waals surface area contributed by atoms with Crippen molar-refractivity contribution in [1.82, 2.24) is 9.88 Å². The number of carbonyl (C=O) groups is 2. The molecular weight excluding hydrogens is 492 g/mol. The Morgan fingerprint density at radius 1 is 0.846 bits per heavy atom. The van der Waals surface area contributed by atoms with Gasteiger partial charge in [-0.3, -0.25) is 10.1 Å². The highest BCUT2D eigenvalue weighted by atomic mass is 16.6. The van der Waals surface area contributed by atoms with E-state index in [1.807, 2.05) is 72.9 Å². The highest BCUT2D eigenvalue weighted by Crippen LogP contribution is 2.30. The molecule has 0 aliphatic carbocycles. The average Bonchev–Trinajstić information content (AvgIpc) is 3.31. The Hall–Kier alpha value is -4.14. The van der Waals surface area contributed by atoms with Gasteiger partial charge in [-0.2, -0.15) is 0 Å². The number of aromatic nitrogens is 1. The van der Waals surface area contributed by atoms with E-state index in [0.29, 0.717) is 23.5 Å². The Balaban J connectivity index is 1.55. The third-order valence-corrected chi connectivity index (χ3v) is 6.06. The van der Waals surface area contributed by atoms with E-state index in [1.54, 1.807) is 33.9 Å². The molecule has 8 nitrogen and oxygen atoms in total. The number of carbonyl (C=O) groups excluding carboxylic acids is 2. The van der Waals surface area contributed by atoms with Crippen LogP contribution in [0.1, 0.15) is 31.1 Å². The summed E-state index contributed by atoms with van der Waals surface area (Å²) in [5.41, 5.74) is 3.76. The van der Waals surface area contributed by atoms with Crippen LogP contribution < -0.4 is 16.0 Å². The maximum Gasteiger partial charge on any atom is 0.412 e. The molecule has 0 unspecified atom stereocenters. The number of methoxy groups -OCH3 is 1. The second kappa shape index (κ2) is 12.6. The minimum absolute atomic E-state index is 0.275. The number of amides is 2. The summed E-state index contributed by atoms with van der Waals surface area (Å²) in [5, 5.41) is 10.1. The van der Waals surface area contributed by atoms with E-state index in [9.17, 15) is 9.59 Å². The van der Waals surface area contributed by atoms with Gasteiger partial charge in [0, 0.05) is 49.4 Å². The lowest BCUT2D eigenvalue weighted by Crippen LogP contribution is -2.27. The van der Waals surface area contributed by atoms with Crippen molar-refractivity contribution in [2.24, 2.45) is 0 Å². The van der Waals surface area contributed by atoms with Gasteiger partial charge >= 0.3 is 6.09 Å². The first-order chi connectivity index (χ1) is 18.7. The van der Waals surface area contributed by atoms with E-state index in [-0.39, 0.29) is 5.91 Å². The zero-order valence-corrected chi connectivity index (χ0v) is 22.9. The Morgan fingerprint density at radius 2 is 1.64 bits per heavy atom. The van der Waals surface area contributed by atoms with E-state index in [1.165, 1.54) is 0 Å². The van der Waals surface area contributed by atoms with Crippen molar-refractivity contribution in [3.8, 4) is 11.1 Å². The molecule has 8 heteroatoms. The zero-order chi connectivity index (χ0) is 27.8. The van der Waals surface area contributed by atoms with E-state index >= 15 is 0 Å². The van der Waals surface area contributed by atoms with Gasteiger partial charge in [0.25, 0.3) is 5.91 Å². The molecule has 0 bridgehead atoms. The molecular formula is C31H36N4O4. The van der Waals surface area contributed by atoms with Crippen molar-refractivity contribution >= 4 is 34.3 Å². The normalized spacial score (nSPS) is 11.4. The van der Waals surface area contributed by atoms with Gasteiger partial charge in [0.15, 0.2) is 0 Å². The lowest BCUT2D eigenvalue weighted by molar-refractivity contribution is 0.0635. The fourth-order valence-electron chi connectivity index (χ4n) is 4.21. The van der Waals surface area contributed by atoms with Gasteiger partial charge in [0.2, 0.25) is 0 Å². The minimum atomic E-state index is -0.650. The second-order valence-electron chi connectivity index (χ2n) is 10.2. The molecule has 1 aromatic heterocycles. The number of fused-ring (bicyclic) bond motifs is 1. The Labute approximate surface area is 229 Å². The van der Waals surface area contributed by atoms with Crippen LogP contribution in [0.2, 0.25) is 0 Å². The fraction of sp³-hybridized carbons (Fsp3) is 0.290. The van der Waals surface area contributed by atoms with Crippen LogP contribution in [0, 0.1) is 0 Å². The first kappa shape index (κ1) is 27.9. The molecule has 0 atom stereocenters. The van der Waals surface area contributed by atoms with Gasteiger partial charge in [0.1, 0.15) is 5.60 Å². The summed E-state index contributed by atoms with van der Waals surface area (Å²) in [6.45, 7) is 8.51. The monoisotopic (exact) mass is 528 g/mol. The van der Waals surface area contributed by atoms with E-state index in [2.05, 4.69) is 20.5 Å². The number of rotatable bonds is 10. The van der Waals surface area contributed by atoms with Gasteiger partial charge in [-0.25, -0.2) is 4.79 Å². The molecule has 2 amide bonds. The molecule has 0 aliphatic heterocycles. The molecule has 3 aromatic carbocycles. The topological polar surface area (TPSA) is 93.6 Å². The average molecular weight is 529 g/mol. The zero-order valence-electron chi connectivity index (χ0n) is 22.9. The molecule has 0 fully saturated rings. The van der Waals surface area contributed by atoms with Gasteiger partial charge in [-0.05, 0) is 68.3 Å². The summed E-state index contributed by atoms with van der Waals surface area (Å²) >= 11 is 0. The van der Waals surface area contributed by atoms with Crippen LogP contribution in [0.15, 0.2) is 79.0 Å². The Kier molecular flexibility index (Phi) is 9.01. The number of hydrogen-bond acceptors (Lipinski definition) is 5. The van der Waals surface area contributed by atoms with Crippen LogP contribution in [-0.4, -0.2) is 49.0 Å². The summed E-state index contributed by atoms with van der Waals surface area (Å²) in [6, 6.07) is 23.0. The number of nitrogens with one attached hydrogen (secondary N) is 3. The quantitative estimate of drug-likeness (QED) is 0.215. The fourth-order valence-corrected chi connectivity index (χ4v) is 4.21. The van der Waals surface area contributed by atoms with Crippen molar-refractivity contribution in [2.75, 3.05) is 37.4 Å². The molecule has 3 N–H and O–H groups in total. The third kappa shape index (κ3) is 7.69. The number of benzene rings is 3. The predicted molar refractivity (Wildman–Crippen MR) is 156 cm³/mol. The summed E-state index contributed by atoms with van der Waals surface area (Å²) in [6.07, 6.45) is 1.43. The number of hydrogen-bond donors (Lipinski definition) is 3. The molecule has 0 saturated carbocycles. The van der Waals surface area contributed by atoms with Gasteiger partial charge in [-0.15, -0.1) is 0 Å². The van der Waals surface area contributed by atoms with E-state index < -0.39 is 11.7 Å². The van der Waals surface area contributed by atoms with Crippen molar-refractivity contribution in [3.05, 3.63) is 84.6 Å². The predicted octanol–water partition coefficient (Wildman–Crippen LogP) is 6.14. The van der Waals surface area contributed by atoms with Crippen LogP contribution in [0.25, 0.3) is 22.0 Å². The summed E-state index contributed by atoms with van der Waals surface area (Å²) in [7, 11) is 1.69.